The van der Waals surface area contributed by atoms with E-state index in [4.69, 9.17) is 32.7 Å². The van der Waals surface area contributed by atoms with E-state index in [1.165, 1.54) is 12.1 Å². The molecular formula is C20H24Cl2N2O5S. The van der Waals surface area contributed by atoms with Crippen LogP contribution in [0.25, 0.3) is 0 Å². The van der Waals surface area contributed by atoms with Crippen LogP contribution in [0.1, 0.15) is 12.8 Å². The normalized spacial score (nSPS) is 11.1. The van der Waals surface area contributed by atoms with Gasteiger partial charge in [-0.1, -0.05) is 35.3 Å². The van der Waals surface area contributed by atoms with Gasteiger partial charge in [0.15, 0.2) is 11.5 Å². The van der Waals surface area contributed by atoms with E-state index in [1.807, 2.05) is 12.1 Å². The van der Waals surface area contributed by atoms with E-state index in [2.05, 4.69) is 5.32 Å². The number of benzene rings is 2. The molecule has 30 heavy (non-hydrogen) atoms. The molecule has 0 atom stereocenters. The van der Waals surface area contributed by atoms with Gasteiger partial charge in [-0.25, -0.2) is 8.42 Å². The molecule has 0 aliphatic heterocycles. The Kier molecular flexibility index (Phi) is 9.08. The van der Waals surface area contributed by atoms with Crippen LogP contribution in [0.4, 0.5) is 5.69 Å². The Bertz CT molecular complexity index is 969. The average molecular weight is 475 g/mol. The van der Waals surface area contributed by atoms with Gasteiger partial charge in [0.2, 0.25) is 15.9 Å². The van der Waals surface area contributed by atoms with Crippen molar-refractivity contribution < 1.29 is 22.7 Å². The molecule has 0 saturated carbocycles. The molecule has 0 aliphatic carbocycles. The van der Waals surface area contributed by atoms with Gasteiger partial charge < -0.3 is 14.8 Å². The molecule has 0 spiro atoms. The third-order valence-corrected chi connectivity index (χ3v) is 5.83. The molecule has 0 fully saturated rings. The zero-order valence-corrected chi connectivity index (χ0v) is 19.1. The van der Waals surface area contributed by atoms with Crippen molar-refractivity contribution in [2.45, 2.75) is 12.8 Å². The summed E-state index contributed by atoms with van der Waals surface area (Å²) in [4.78, 5) is 12.1. The second-order valence-electron chi connectivity index (χ2n) is 6.38. The molecular weight excluding hydrogens is 451 g/mol. The fourth-order valence-corrected chi connectivity index (χ4v) is 4.11. The van der Waals surface area contributed by atoms with Gasteiger partial charge in [-0.05, 0) is 36.8 Å². The van der Waals surface area contributed by atoms with Gasteiger partial charge >= 0.3 is 0 Å². The van der Waals surface area contributed by atoms with E-state index < -0.39 is 10.0 Å². The molecule has 2 aromatic rings. The first kappa shape index (κ1) is 24.1. The largest absolute Gasteiger partial charge is 0.493 e. The molecule has 1 amide bonds. The Balaban J connectivity index is 1.81. The summed E-state index contributed by atoms with van der Waals surface area (Å²) in [5.41, 5.74) is 0.289. The number of methoxy groups -OCH3 is 1. The van der Waals surface area contributed by atoms with Crippen LogP contribution in [0.2, 0.25) is 10.0 Å². The van der Waals surface area contributed by atoms with Crippen LogP contribution in [-0.4, -0.2) is 47.4 Å². The van der Waals surface area contributed by atoms with Gasteiger partial charge in [0.25, 0.3) is 0 Å². The smallest absolute Gasteiger partial charge is 0.232 e. The predicted molar refractivity (Wildman–Crippen MR) is 119 cm³/mol. The number of nitrogens with zero attached hydrogens (tertiary/aromatic N) is 1. The fraction of sp³-hybridized carbons (Fsp3) is 0.350. The molecule has 0 saturated heterocycles. The summed E-state index contributed by atoms with van der Waals surface area (Å²) in [7, 11) is -2.03. The monoisotopic (exact) mass is 474 g/mol. The molecule has 2 rings (SSSR count). The molecule has 0 heterocycles. The Labute approximate surface area is 186 Å². The van der Waals surface area contributed by atoms with Gasteiger partial charge in [-0.3, -0.25) is 9.10 Å². The minimum Gasteiger partial charge on any atom is -0.493 e. The molecule has 0 unspecified atom stereocenters. The summed E-state index contributed by atoms with van der Waals surface area (Å²) in [6.07, 6.45) is 1.55. The highest BCUT2D eigenvalue weighted by Crippen LogP contribution is 2.31. The number of carbonyl (C=O) groups is 1. The predicted octanol–water partition coefficient (Wildman–Crippen LogP) is 3.74. The van der Waals surface area contributed by atoms with Crippen molar-refractivity contribution in [3.05, 3.63) is 52.5 Å². The highest BCUT2D eigenvalue weighted by molar-refractivity contribution is 7.92. The lowest BCUT2D eigenvalue weighted by Crippen LogP contribution is -2.33. The molecule has 164 valence electrons. The minimum absolute atomic E-state index is 0.101. The van der Waals surface area contributed by atoms with E-state index in [1.54, 1.807) is 25.3 Å². The molecule has 0 radical (unpaired) electrons. The standard InChI is InChI=1S/C20H24Cl2N2O5S/c1-28-18-6-3-4-7-19(18)29-13-11-23-20(25)8-5-12-24(30(2,26)27)17-14-15(21)9-10-16(17)22/h3-4,6-7,9-10,14H,5,8,11-13H2,1-2H3,(H,23,25). The topological polar surface area (TPSA) is 84.9 Å². The first-order valence-electron chi connectivity index (χ1n) is 9.17. The van der Waals surface area contributed by atoms with Crippen LogP contribution < -0.4 is 19.1 Å². The second kappa shape index (κ2) is 11.3. The molecule has 7 nitrogen and oxygen atoms in total. The first-order valence-corrected chi connectivity index (χ1v) is 11.8. The number of sulfonamides is 1. The van der Waals surface area contributed by atoms with Gasteiger partial charge in [0, 0.05) is 18.0 Å². The van der Waals surface area contributed by atoms with Crippen molar-refractivity contribution in [3.63, 3.8) is 0 Å². The number of hydrogen-bond donors (Lipinski definition) is 1. The van der Waals surface area contributed by atoms with Gasteiger partial charge in [0.05, 0.1) is 30.6 Å². The lowest BCUT2D eigenvalue weighted by atomic mass is 10.2. The maximum Gasteiger partial charge on any atom is 0.232 e. The Morgan fingerprint density at radius 3 is 2.50 bits per heavy atom. The maximum atomic E-state index is 12.2. The SMILES string of the molecule is COc1ccccc1OCCNC(=O)CCCN(c1cc(Cl)ccc1Cl)S(C)(=O)=O. The van der Waals surface area contributed by atoms with Crippen molar-refractivity contribution in [2.24, 2.45) is 0 Å². The van der Waals surface area contributed by atoms with Gasteiger partial charge in [0.1, 0.15) is 6.61 Å². The summed E-state index contributed by atoms with van der Waals surface area (Å²) in [6, 6.07) is 11.8. The van der Waals surface area contributed by atoms with Crippen molar-refractivity contribution in [2.75, 3.05) is 37.4 Å². The Hall–Kier alpha value is -2.16. The van der Waals surface area contributed by atoms with Crippen molar-refractivity contribution in [3.8, 4) is 11.5 Å². The highest BCUT2D eigenvalue weighted by atomic mass is 35.5. The molecule has 1 N–H and O–H groups in total. The van der Waals surface area contributed by atoms with Crippen LogP contribution in [0.15, 0.2) is 42.5 Å². The zero-order valence-electron chi connectivity index (χ0n) is 16.7. The van der Waals surface area contributed by atoms with Crippen molar-refractivity contribution >= 4 is 44.8 Å². The summed E-state index contributed by atoms with van der Waals surface area (Å²) < 4.78 is 36.3. The summed E-state index contributed by atoms with van der Waals surface area (Å²) in [6.45, 7) is 0.691. The second-order valence-corrected chi connectivity index (χ2v) is 9.13. The highest BCUT2D eigenvalue weighted by Gasteiger charge is 2.20. The number of carbonyl (C=O) groups excluding carboxylic acids is 1. The van der Waals surface area contributed by atoms with E-state index in [0.29, 0.717) is 29.5 Å². The number of hydrogen-bond acceptors (Lipinski definition) is 5. The summed E-state index contributed by atoms with van der Waals surface area (Å²) in [5, 5.41) is 3.38. The number of nitrogens with one attached hydrogen (secondary N) is 1. The van der Waals surface area contributed by atoms with E-state index in [9.17, 15) is 13.2 Å². The van der Waals surface area contributed by atoms with Crippen LogP contribution in [0.3, 0.4) is 0 Å². The van der Waals surface area contributed by atoms with E-state index in [0.717, 1.165) is 10.6 Å². The Morgan fingerprint density at radius 2 is 1.83 bits per heavy atom. The van der Waals surface area contributed by atoms with Crippen LogP contribution >= 0.6 is 23.2 Å². The number of anilines is 1. The number of amides is 1. The summed E-state index contributed by atoms with van der Waals surface area (Å²) >= 11 is 12.1. The fourth-order valence-electron chi connectivity index (χ4n) is 2.70. The van der Waals surface area contributed by atoms with Crippen LogP contribution in [-0.2, 0) is 14.8 Å². The maximum absolute atomic E-state index is 12.2. The van der Waals surface area contributed by atoms with Crippen LogP contribution in [0, 0.1) is 0 Å². The molecule has 0 bridgehead atoms. The number of rotatable bonds is 11. The third kappa shape index (κ3) is 7.27. The van der Waals surface area contributed by atoms with Crippen molar-refractivity contribution in [1.82, 2.24) is 5.32 Å². The minimum atomic E-state index is -3.59. The molecule has 10 heteroatoms. The molecule has 0 aliphatic rings. The average Bonchev–Trinajstić information content (AvgIpc) is 2.70. The Morgan fingerprint density at radius 1 is 1.13 bits per heavy atom. The summed E-state index contributed by atoms with van der Waals surface area (Å²) in [5.74, 6) is 1.00. The van der Waals surface area contributed by atoms with Gasteiger partial charge in [-0.15, -0.1) is 0 Å². The molecule has 2 aromatic carbocycles. The molecule has 0 aromatic heterocycles. The van der Waals surface area contributed by atoms with Crippen LogP contribution in [0.5, 0.6) is 11.5 Å². The number of para-hydroxylation sites is 2. The van der Waals surface area contributed by atoms with Gasteiger partial charge in [-0.2, -0.15) is 0 Å². The number of ether oxygens (including phenoxy) is 2. The van der Waals surface area contributed by atoms with Crippen molar-refractivity contribution in [1.29, 1.82) is 0 Å². The zero-order chi connectivity index (χ0) is 22.1. The van der Waals surface area contributed by atoms with E-state index in [-0.39, 0.29) is 36.2 Å². The lowest BCUT2D eigenvalue weighted by molar-refractivity contribution is -0.121. The first-order chi connectivity index (χ1) is 14.2. The lowest BCUT2D eigenvalue weighted by Gasteiger charge is -2.23. The van der Waals surface area contributed by atoms with E-state index >= 15 is 0 Å². The number of halogens is 2. The third-order valence-electron chi connectivity index (χ3n) is 4.09. The quantitative estimate of drug-likeness (QED) is 0.501.